The SMILES string of the molecule is O=C(O)CCCc1ccc(/C(=C\CN2CCOC2=O)c2ccc(C3CC3)c(=O)[nH]2)cc1Cl. The monoisotopic (exact) mass is 456 g/mol. The topological polar surface area (TPSA) is 99.7 Å². The minimum absolute atomic E-state index is 0.0871. The van der Waals surface area contributed by atoms with Gasteiger partial charge in [-0.05, 0) is 54.9 Å². The molecule has 32 heavy (non-hydrogen) atoms. The van der Waals surface area contributed by atoms with Gasteiger partial charge >= 0.3 is 12.1 Å². The van der Waals surface area contributed by atoms with E-state index in [1.165, 1.54) is 0 Å². The number of aryl methyl sites for hydroxylation is 1. The van der Waals surface area contributed by atoms with Crippen LogP contribution in [0.3, 0.4) is 0 Å². The molecular formula is C24H25ClN2O5. The van der Waals surface area contributed by atoms with Crippen LogP contribution in [0.5, 0.6) is 0 Å². The smallest absolute Gasteiger partial charge is 0.410 e. The van der Waals surface area contributed by atoms with Gasteiger partial charge in [0.2, 0.25) is 0 Å². The second-order valence-corrected chi connectivity index (χ2v) is 8.57. The fourth-order valence-electron chi connectivity index (χ4n) is 3.88. The molecule has 0 atom stereocenters. The van der Waals surface area contributed by atoms with Gasteiger partial charge in [0.15, 0.2) is 0 Å². The summed E-state index contributed by atoms with van der Waals surface area (Å²) in [5.74, 6) is -0.485. The van der Waals surface area contributed by atoms with E-state index in [9.17, 15) is 14.4 Å². The van der Waals surface area contributed by atoms with Gasteiger partial charge in [-0.2, -0.15) is 0 Å². The molecule has 2 N–H and O–H groups in total. The second kappa shape index (κ2) is 9.61. The van der Waals surface area contributed by atoms with Crippen molar-refractivity contribution in [3.63, 3.8) is 0 Å². The van der Waals surface area contributed by atoms with Gasteiger partial charge in [0.25, 0.3) is 5.56 Å². The Labute approximate surface area is 190 Å². The molecule has 0 unspecified atom stereocenters. The van der Waals surface area contributed by atoms with Crippen LogP contribution in [0.1, 0.15) is 54.0 Å². The summed E-state index contributed by atoms with van der Waals surface area (Å²) < 4.78 is 5.00. The second-order valence-electron chi connectivity index (χ2n) is 8.16. The average molecular weight is 457 g/mol. The third-order valence-corrected chi connectivity index (χ3v) is 6.16. The summed E-state index contributed by atoms with van der Waals surface area (Å²) in [6, 6.07) is 9.39. The first-order valence-corrected chi connectivity index (χ1v) is 11.2. The number of carbonyl (C=O) groups is 2. The Bertz CT molecular complexity index is 1120. The highest BCUT2D eigenvalue weighted by Gasteiger charge is 2.26. The molecule has 8 heteroatoms. The zero-order valence-corrected chi connectivity index (χ0v) is 18.4. The number of carbonyl (C=O) groups excluding carboxylic acids is 1. The number of rotatable bonds is 9. The van der Waals surface area contributed by atoms with Crippen LogP contribution in [-0.2, 0) is 16.0 Å². The molecule has 2 fully saturated rings. The average Bonchev–Trinajstić information content (AvgIpc) is 3.51. The number of hydrogen-bond acceptors (Lipinski definition) is 4. The zero-order chi connectivity index (χ0) is 22.7. The molecular weight excluding hydrogens is 432 g/mol. The van der Waals surface area contributed by atoms with Crippen LogP contribution < -0.4 is 5.56 Å². The summed E-state index contributed by atoms with van der Waals surface area (Å²) in [4.78, 5) is 39.8. The number of carboxylic acid groups (broad SMARTS) is 1. The predicted molar refractivity (Wildman–Crippen MR) is 121 cm³/mol. The lowest BCUT2D eigenvalue weighted by molar-refractivity contribution is -0.137. The molecule has 1 aromatic heterocycles. The summed E-state index contributed by atoms with van der Waals surface area (Å²) in [5, 5.41) is 9.38. The maximum Gasteiger partial charge on any atom is 0.410 e. The molecule has 7 nitrogen and oxygen atoms in total. The molecule has 2 aromatic rings. The maximum atomic E-state index is 12.6. The number of ether oxygens (including phenoxy) is 1. The van der Waals surface area contributed by atoms with Crippen molar-refractivity contribution in [2.24, 2.45) is 0 Å². The summed E-state index contributed by atoms with van der Waals surface area (Å²) >= 11 is 6.50. The molecule has 1 saturated carbocycles. The third kappa shape index (κ3) is 5.22. The number of carboxylic acids is 1. The Balaban J connectivity index is 1.63. The lowest BCUT2D eigenvalue weighted by Gasteiger charge is -2.14. The van der Waals surface area contributed by atoms with E-state index < -0.39 is 5.97 Å². The molecule has 0 bridgehead atoms. The molecule has 168 valence electrons. The van der Waals surface area contributed by atoms with Crippen LogP contribution in [0, 0.1) is 0 Å². The van der Waals surface area contributed by atoms with E-state index >= 15 is 0 Å². The van der Waals surface area contributed by atoms with Gasteiger partial charge < -0.3 is 19.7 Å². The van der Waals surface area contributed by atoms with Crippen molar-refractivity contribution < 1.29 is 19.4 Å². The van der Waals surface area contributed by atoms with Gasteiger partial charge in [0.1, 0.15) is 6.61 Å². The lowest BCUT2D eigenvalue weighted by Crippen LogP contribution is -2.24. The predicted octanol–water partition coefficient (Wildman–Crippen LogP) is 4.20. The van der Waals surface area contributed by atoms with Gasteiger partial charge in [-0.25, -0.2) is 4.79 Å². The van der Waals surface area contributed by atoms with Crippen molar-refractivity contribution in [1.29, 1.82) is 0 Å². The van der Waals surface area contributed by atoms with Gasteiger partial charge in [0.05, 0.1) is 6.54 Å². The highest BCUT2D eigenvalue weighted by Crippen LogP contribution is 2.38. The number of benzene rings is 1. The molecule has 1 aliphatic carbocycles. The minimum Gasteiger partial charge on any atom is -0.481 e. The highest BCUT2D eigenvalue weighted by atomic mass is 35.5. The van der Waals surface area contributed by atoms with Gasteiger partial charge in [0, 0.05) is 34.8 Å². The molecule has 1 aromatic carbocycles. The van der Waals surface area contributed by atoms with E-state index in [4.69, 9.17) is 21.4 Å². The number of aliphatic carboxylic acids is 1. The zero-order valence-electron chi connectivity index (χ0n) is 17.6. The fourth-order valence-corrected chi connectivity index (χ4v) is 4.16. The highest BCUT2D eigenvalue weighted by molar-refractivity contribution is 6.31. The number of aromatic amines is 1. The number of amides is 1. The molecule has 2 heterocycles. The minimum atomic E-state index is -0.831. The molecule has 0 radical (unpaired) electrons. The van der Waals surface area contributed by atoms with Gasteiger partial charge in [-0.15, -0.1) is 0 Å². The van der Waals surface area contributed by atoms with E-state index in [1.54, 1.807) is 4.90 Å². The van der Waals surface area contributed by atoms with Crippen LogP contribution in [0.2, 0.25) is 5.02 Å². The third-order valence-electron chi connectivity index (χ3n) is 5.81. The number of aromatic nitrogens is 1. The van der Waals surface area contributed by atoms with E-state index in [1.807, 2.05) is 36.4 Å². The summed E-state index contributed by atoms with van der Waals surface area (Å²) in [6.45, 7) is 1.23. The van der Waals surface area contributed by atoms with E-state index in [-0.39, 0.29) is 18.1 Å². The first-order valence-electron chi connectivity index (χ1n) is 10.8. The Morgan fingerprint density at radius 2 is 2.06 bits per heavy atom. The quantitative estimate of drug-likeness (QED) is 0.589. The van der Waals surface area contributed by atoms with Crippen molar-refractivity contribution in [1.82, 2.24) is 9.88 Å². The lowest BCUT2D eigenvalue weighted by atomic mass is 9.98. The number of nitrogens with zero attached hydrogens (tertiary/aromatic N) is 1. The van der Waals surface area contributed by atoms with E-state index in [0.29, 0.717) is 49.2 Å². The molecule has 4 rings (SSSR count). The van der Waals surface area contributed by atoms with E-state index in [0.717, 1.165) is 35.1 Å². The maximum absolute atomic E-state index is 12.6. The summed E-state index contributed by atoms with van der Waals surface area (Å²) in [6.07, 6.45) is 4.78. The Morgan fingerprint density at radius 3 is 2.69 bits per heavy atom. The number of halogens is 1. The van der Waals surface area contributed by atoms with Crippen molar-refractivity contribution in [3.8, 4) is 0 Å². The number of nitrogens with one attached hydrogen (secondary N) is 1. The number of pyridine rings is 1. The number of cyclic esters (lactones) is 1. The van der Waals surface area contributed by atoms with Gasteiger partial charge in [-0.3, -0.25) is 9.59 Å². The first-order chi connectivity index (χ1) is 15.4. The normalized spacial score (nSPS) is 16.3. The molecule has 1 aliphatic heterocycles. The molecule has 2 aliphatic rings. The van der Waals surface area contributed by atoms with Crippen LogP contribution in [0.15, 0.2) is 41.2 Å². The van der Waals surface area contributed by atoms with Crippen LogP contribution in [0.4, 0.5) is 4.79 Å². The molecule has 1 amide bonds. The largest absolute Gasteiger partial charge is 0.481 e. The standard InChI is InChI=1S/C24H25ClN2O5/c25-20-14-17(7-6-16(20)2-1-3-22(28)29)18(10-11-27-12-13-32-24(27)31)21-9-8-19(15-4-5-15)23(30)26-21/h6-10,14-15H,1-5,11-13H2,(H,26,30)(H,28,29)/b18-10+. The summed E-state index contributed by atoms with van der Waals surface area (Å²) in [7, 11) is 0. The Morgan fingerprint density at radius 1 is 1.25 bits per heavy atom. The Hall–Kier alpha value is -3.06. The van der Waals surface area contributed by atoms with Crippen molar-refractivity contribution in [2.45, 2.75) is 38.0 Å². The molecule has 1 saturated heterocycles. The number of hydrogen-bond donors (Lipinski definition) is 2. The van der Waals surface area contributed by atoms with Crippen molar-refractivity contribution in [2.75, 3.05) is 19.7 Å². The Kier molecular flexibility index (Phi) is 6.65. The fraction of sp³-hybridized carbons (Fsp3) is 0.375. The summed E-state index contributed by atoms with van der Waals surface area (Å²) in [5.41, 5.74) is 3.82. The van der Waals surface area contributed by atoms with Crippen molar-refractivity contribution in [3.05, 3.63) is 74.2 Å². The van der Waals surface area contributed by atoms with Crippen LogP contribution in [-0.4, -0.2) is 46.7 Å². The van der Waals surface area contributed by atoms with Crippen LogP contribution >= 0.6 is 11.6 Å². The van der Waals surface area contributed by atoms with Crippen LogP contribution in [0.25, 0.3) is 5.57 Å². The van der Waals surface area contributed by atoms with E-state index in [2.05, 4.69) is 4.98 Å². The van der Waals surface area contributed by atoms with Gasteiger partial charge in [-0.1, -0.05) is 35.9 Å². The first kappa shape index (κ1) is 22.1. The number of H-pyrrole nitrogens is 1. The van der Waals surface area contributed by atoms with Crippen molar-refractivity contribution >= 4 is 29.2 Å². The molecule has 0 spiro atoms.